The van der Waals surface area contributed by atoms with Crippen molar-refractivity contribution >= 4 is 45.2 Å². The molecule has 0 bridgehead atoms. The summed E-state index contributed by atoms with van der Waals surface area (Å²) in [6.07, 6.45) is 0. The van der Waals surface area contributed by atoms with Crippen molar-refractivity contribution in [3.05, 3.63) is 54.6 Å². The molecule has 0 aliphatic rings. The molecule has 1 atom stereocenters. The highest BCUT2D eigenvalue weighted by molar-refractivity contribution is 14.1. The molecular weight excluding hydrogens is 379 g/mol. The number of hydrogen-bond donors (Lipinski definition) is 1. The molecule has 1 aromatic heterocycles. The summed E-state index contributed by atoms with van der Waals surface area (Å²) in [5, 5.41) is 11.6. The van der Waals surface area contributed by atoms with Crippen molar-refractivity contribution in [1.82, 2.24) is 15.0 Å². The number of aromatic nitrogens is 3. The number of halogens is 1. The van der Waals surface area contributed by atoms with E-state index < -0.39 is 0 Å². The van der Waals surface area contributed by atoms with Crippen LogP contribution in [0.25, 0.3) is 11.0 Å². The highest BCUT2D eigenvalue weighted by atomic mass is 127. The predicted octanol–water partition coefficient (Wildman–Crippen LogP) is 2.87. The Kier molecular flexibility index (Phi) is 4.14. The van der Waals surface area contributed by atoms with Gasteiger partial charge in [-0.3, -0.25) is 4.79 Å². The van der Waals surface area contributed by atoms with Gasteiger partial charge in [0, 0.05) is 5.69 Å². The molecule has 1 N–H and O–H groups in total. The zero-order valence-corrected chi connectivity index (χ0v) is 13.3. The smallest absolute Gasteiger partial charge is 0.239 e. The molecule has 106 valence electrons. The van der Waals surface area contributed by atoms with E-state index >= 15 is 0 Å². The molecular formula is C15H13IN4O. The summed E-state index contributed by atoms with van der Waals surface area (Å²) in [5.74, 6) is -0.0526. The summed E-state index contributed by atoms with van der Waals surface area (Å²) in [6, 6.07) is 17.1. The van der Waals surface area contributed by atoms with Crippen LogP contribution in [-0.2, 0) is 11.3 Å². The van der Waals surface area contributed by atoms with Gasteiger partial charge in [0.05, 0.1) is 6.54 Å². The summed E-state index contributed by atoms with van der Waals surface area (Å²) >= 11 is 2.11. The van der Waals surface area contributed by atoms with E-state index in [1.165, 1.54) is 0 Å². The minimum absolute atomic E-state index is 0.0526. The summed E-state index contributed by atoms with van der Waals surface area (Å²) in [6.45, 7) is 0.438. The molecule has 0 saturated carbocycles. The average Bonchev–Trinajstić information content (AvgIpc) is 2.90. The van der Waals surface area contributed by atoms with E-state index in [-0.39, 0.29) is 9.83 Å². The quantitative estimate of drug-likeness (QED) is 0.549. The highest BCUT2D eigenvalue weighted by Crippen LogP contribution is 2.12. The van der Waals surface area contributed by atoms with Gasteiger partial charge in [-0.15, -0.1) is 0 Å². The zero-order chi connectivity index (χ0) is 14.7. The van der Waals surface area contributed by atoms with Crippen molar-refractivity contribution in [1.29, 1.82) is 0 Å². The van der Waals surface area contributed by atoms with Crippen LogP contribution in [0.4, 0.5) is 5.69 Å². The molecule has 5 nitrogen and oxygen atoms in total. The van der Waals surface area contributed by atoms with Crippen LogP contribution < -0.4 is 5.32 Å². The topological polar surface area (TPSA) is 59.8 Å². The maximum absolute atomic E-state index is 12.1. The molecule has 1 heterocycles. The number of fused-ring (bicyclic) bond motifs is 1. The van der Waals surface area contributed by atoms with Crippen LogP contribution in [0.2, 0.25) is 0 Å². The predicted molar refractivity (Wildman–Crippen MR) is 90.4 cm³/mol. The number of alkyl halides is 1. The fourth-order valence-electron chi connectivity index (χ4n) is 1.95. The first-order chi connectivity index (χ1) is 10.2. The monoisotopic (exact) mass is 392 g/mol. The van der Waals surface area contributed by atoms with Gasteiger partial charge >= 0.3 is 0 Å². The van der Waals surface area contributed by atoms with Gasteiger partial charge in [-0.2, -0.15) is 15.0 Å². The zero-order valence-electron chi connectivity index (χ0n) is 11.1. The Morgan fingerprint density at radius 2 is 1.62 bits per heavy atom. The third kappa shape index (κ3) is 3.38. The number of rotatable bonds is 4. The number of anilines is 1. The first-order valence-corrected chi connectivity index (χ1v) is 7.77. The maximum atomic E-state index is 12.1. The Morgan fingerprint density at radius 1 is 1.05 bits per heavy atom. The second kappa shape index (κ2) is 6.21. The van der Waals surface area contributed by atoms with Gasteiger partial charge in [0.1, 0.15) is 15.0 Å². The summed E-state index contributed by atoms with van der Waals surface area (Å²) in [5.41, 5.74) is 2.47. The number of amides is 1. The van der Waals surface area contributed by atoms with Crippen LogP contribution >= 0.6 is 22.6 Å². The van der Waals surface area contributed by atoms with Gasteiger partial charge in [-0.1, -0.05) is 52.9 Å². The van der Waals surface area contributed by atoms with Crippen LogP contribution in [0.5, 0.6) is 0 Å². The van der Waals surface area contributed by atoms with Gasteiger partial charge in [-0.25, -0.2) is 0 Å². The summed E-state index contributed by atoms with van der Waals surface area (Å²) in [7, 11) is 0. The molecule has 2 aromatic carbocycles. The summed E-state index contributed by atoms with van der Waals surface area (Å²) in [4.78, 5) is 13.7. The number of hydrogen-bond acceptors (Lipinski definition) is 3. The van der Waals surface area contributed by atoms with Crippen molar-refractivity contribution in [2.24, 2.45) is 0 Å². The van der Waals surface area contributed by atoms with Crippen molar-refractivity contribution in [2.45, 2.75) is 10.5 Å². The minimum Gasteiger partial charge on any atom is -0.325 e. The Morgan fingerprint density at radius 3 is 2.24 bits per heavy atom. The fraction of sp³-hybridized carbons (Fsp3) is 0.133. The number of benzene rings is 2. The molecule has 6 heteroatoms. The van der Waals surface area contributed by atoms with Crippen LogP contribution in [0.3, 0.4) is 0 Å². The molecule has 3 rings (SSSR count). The highest BCUT2D eigenvalue weighted by Gasteiger charge is 2.17. The number of nitrogens with one attached hydrogen (secondary N) is 1. The fourth-order valence-corrected chi connectivity index (χ4v) is 2.46. The van der Waals surface area contributed by atoms with Crippen LogP contribution in [0.15, 0.2) is 54.6 Å². The lowest BCUT2D eigenvalue weighted by Crippen LogP contribution is -2.27. The Labute approximate surface area is 135 Å². The van der Waals surface area contributed by atoms with Crippen molar-refractivity contribution in [2.75, 3.05) is 5.32 Å². The van der Waals surface area contributed by atoms with Gasteiger partial charge in [0.2, 0.25) is 5.91 Å². The van der Waals surface area contributed by atoms with Crippen molar-refractivity contribution in [3.63, 3.8) is 0 Å². The van der Waals surface area contributed by atoms with Crippen LogP contribution in [-0.4, -0.2) is 24.8 Å². The van der Waals surface area contributed by atoms with Gasteiger partial charge in [0.25, 0.3) is 0 Å². The Hall–Kier alpha value is -1.96. The number of para-hydroxylation sites is 1. The molecule has 21 heavy (non-hydrogen) atoms. The Balaban J connectivity index is 1.67. The molecule has 0 aliphatic heterocycles. The second-order valence-electron chi connectivity index (χ2n) is 4.57. The molecule has 1 unspecified atom stereocenters. The van der Waals surface area contributed by atoms with E-state index in [9.17, 15) is 4.79 Å². The lowest BCUT2D eigenvalue weighted by atomic mass is 10.3. The lowest BCUT2D eigenvalue weighted by Gasteiger charge is -2.10. The van der Waals surface area contributed by atoms with E-state index in [1.54, 1.807) is 4.80 Å². The molecule has 0 spiro atoms. The van der Waals surface area contributed by atoms with Gasteiger partial charge in [-0.05, 0) is 24.3 Å². The van der Waals surface area contributed by atoms with Gasteiger partial charge < -0.3 is 5.32 Å². The average molecular weight is 392 g/mol. The third-order valence-corrected chi connectivity index (χ3v) is 3.94. The third-order valence-electron chi connectivity index (χ3n) is 2.98. The van der Waals surface area contributed by atoms with E-state index in [0.29, 0.717) is 6.54 Å². The van der Waals surface area contributed by atoms with E-state index in [1.807, 2.05) is 54.6 Å². The molecule has 1 amide bonds. The number of nitrogens with zero attached hydrogens (tertiary/aromatic N) is 3. The molecule has 0 aliphatic carbocycles. The van der Waals surface area contributed by atoms with Crippen molar-refractivity contribution in [3.8, 4) is 0 Å². The van der Waals surface area contributed by atoms with Crippen molar-refractivity contribution < 1.29 is 4.79 Å². The first kappa shape index (κ1) is 14.0. The number of carbonyl (C=O) groups is 1. The van der Waals surface area contributed by atoms with Gasteiger partial charge in [0.15, 0.2) is 0 Å². The summed E-state index contributed by atoms with van der Waals surface area (Å²) < 4.78 is -0.246. The largest absolute Gasteiger partial charge is 0.325 e. The SMILES string of the molecule is O=C(Nc1ccccc1)C(I)Cn1nc2ccccc2n1. The van der Waals surface area contributed by atoms with E-state index in [0.717, 1.165) is 16.7 Å². The normalized spacial score (nSPS) is 12.2. The molecule has 3 aromatic rings. The molecule has 0 radical (unpaired) electrons. The lowest BCUT2D eigenvalue weighted by molar-refractivity contribution is -0.115. The van der Waals surface area contributed by atoms with E-state index in [2.05, 4.69) is 38.1 Å². The first-order valence-electron chi connectivity index (χ1n) is 6.52. The van der Waals surface area contributed by atoms with Crippen LogP contribution in [0.1, 0.15) is 0 Å². The molecule has 0 fully saturated rings. The second-order valence-corrected chi connectivity index (χ2v) is 6.07. The van der Waals surface area contributed by atoms with Crippen LogP contribution in [0, 0.1) is 0 Å². The van der Waals surface area contributed by atoms with E-state index in [4.69, 9.17) is 0 Å². The minimum atomic E-state index is -0.246. The molecule has 0 saturated heterocycles. The number of carbonyl (C=O) groups excluding carboxylic acids is 1. The standard InChI is InChI=1S/C15H13IN4O/c16-12(15(21)17-11-6-2-1-3-7-11)10-20-18-13-8-4-5-9-14(13)19-20/h1-9,12H,10H2,(H,17,21). The maximum Gasteiger partial charge on any atom is 0.239 e. The Bertz CT molecular complexity index is 723.